The van der Waals surface area contributed by atoms with E-state index in [0.717, 1.165) is 0 Å². The molecule has 0 spiro atoms. The van der Waals surface area contributed by atoms with Crippen molar-refractivity contribution in [3.05, 3.63) is 0 Å². The fourth-order valence-electron chi connectivity index (χ4n) is 1.77. The first-order valence-electron chi connectivity index (χ1n) is 6.05. The van der Waals surface area contributed by atoms with E-state index >= 15 is 0 Å². The fraction of sp³-hybridized carbons (Fsp3) is 0.833. The molecule has 2 atom stereocenters. The first-order chi connectivity index (χ1) is 8.24. The molecule has 0 aliphatic carbocycles. The number of halogens is 1. The minimum absolute atomic E-state index is 0.0967. The molecule has 1 aliphatic heterocycles. The molecule has 1 heterocycles. The summed E-state index contributed by atoms with van der Waals surface area (Å²) in [6.45, 7) is 7.91. The third kappa shape index (κ3) is 4.15. The van der Waals surface area contributed by atoms with Gasteiger partial charge in [-0.15, -0.1) is 0 Å². The van der Waals surface area contributed by atoms with Gasteiger partial charge < -0.3 is 9.47 Å². The summed E-state index contributed by atoms with van der Waals surface area (Å²) in [4.78, 5) is 25.3. The number of likely N-dealkylation sites (tertiary alicyclic amines) is 1. The van der Waals surface area contributed by atoms with Crippen LogP contribution in [0.15, 0.2) is 0 Å². The van der Waals surface area contributed by atoms with Crippen LogP contribution in [0.4, 0.5) is 4.79 Å². The standard InChI is InChI=1S/C12H20BrNO4/c1-5-17-10(15)9-6-8(13)7-14(9)11(16)18-12(2,3)4/h8-9H,5-7H2,1-4H3/t8-,9-/m0/s1. The lowest BCUT2D eigenvalue weighted by Crippen LogP contribution is -2.44. The quantitative estimate of drug-likeness (QED) is 0.578. The maximum atomic E-state index is 12.0. The number of ether oxygens (including phenoxy) is 2. The molecule has 0 bridgehead atoms. The molecule has 0 aromatic carbocycles. The Kier molecular flexibility index (Phi) is 5.01. The zero-order valence-electron chi connectivity index (χ0n) is 11.2. The third-order valence-corrected chi connectivity index (χ3v) is 3.10. The van der Waals surface area contributed by atoms with Gasteiger partial charge in [0.15, 0.2) is 0 Å². The third-order valence-electron chi connectivity index (χ3n) is 2.44. The highest BCUT2D eigenvalue weighted by Gasteiger charge is 2.41. The molecule has 0 aromatic rings. The minimum atomic E-state index is -0.569. The Labute approximate surface area is 116 Å². The van der Waals surface area contributed by atoms with Crippen LogP contribution < -0.4 is 0 Å². The number of rotatable bonds is 2. The van der Waals surface area contributed by atoms with Crippen LogP contribution in [0.5, 0.6) is 0 Å². The topological polar surface area (TPSA) is 55.8 Å². The number of alkyl halides is 1. The zero-order valence-corrected chi connectivity index (χ0v) is 12.8. The highest BCUT2D eigenvalue weighted by Crippen LogP contribution is 2.26. The molecule has 0 aromatic heterocycles. The predicted octanol–water partition coefficient (Wildman–Crippen LogP) is 2.32. The van der Waals surface area contributed by atoms with E-state index in [1.165, 1.54) is 4.90 Å². The summed E-state index contributed by atoms with van der Waals surface area (Å²) < 4.78 is 10.3. The molecule has 5 nitrogen and oxygen atoms in total. The molecular formula is C12H20BrNO4. The number of nitrogens with zero attached hydrogens (tertiary/aromatic N) is 1. The van der Waals surface area contributed by atoms with Gasteiger partial charge in [0, 0.05) is 11.4 Å². The Balaban J connectivity index is 2.72. The van der Waals surface area contributed by atoms with Crippen LogP contribution in [-0.4, -0.2) is 46.6 Å². The van der Waals surface area contributed by atoms with E-state index in [2.05, 4.69) is 15.9 Å². The summed E-state index contributed by atoms with van der Waals surface area (Å²) in [5, 5.41) is 0. The predicted molar refractivity (Wildman–Crippen MR) is 70.7 cm³/mol. The molecular weight excluding hydrogens is 302 g/mol. The second-order valence-electron chi connectivity index (χ2n) is 5.23. The lowest BCUT2D eigenvalue weighted by Gasteiger charge is -2.27. The van der Waals surface area contributed by atoms with Crippen LogP contribution in [0, 0.1) is 0 Å². The molecule has 6 heteroatoms. The largest absolute Gasteiger partial charge is 0.464 e. The molecule has 1 amide bonds. The van der Waals surface area contributed by atoms with Gasteiger partial charge in [0.25, 0.3) is 0 Å². The highest BCUT2D eigenvalue weighted by molar-refractivity contribution is 9.09. The number of carbonyl (C=O) groups is 2. The smallest absolute Gasteiger partial charge is 0.411 e. The average molecular weight is 322 g/mol. The van der Waals surface area contributed by atoms with Gasteiger partial charge in [-0.05, 0) is 34.1 Å². The van der Waals surface area contributed by atoms with Crippen LogP contribution in [0.1, 0.15) is 34.1 Å². The number of amides is 1. The van der Waals surface area contributed by atoms with E-state index in [1.807, 2.05) is 0 Å². The Morgan fingerprint density at radius 1 is 1.39 bits per heavy atom. The van der Waals surface area contributed by atoms with Crippen molar-refractivity contribution in [2.75, 3.05) is 13.2 Å². The second-order valence-corrected chi connectivity index (χ2v) is 6.53. The molecule has 18 heavy (non-hydrogen) atoms. The normalized spacial score (nSPS) is 23.9. The van der Waals surface area contributed by atoms with Crippen molar-refractivity contribution in [2.45, 2.75) is 50.6 Å². The Bertz CT molecular complexity index is 327. The van der Waals surface area contributed by atoms with Gasteiger partial charge in [0.05, 0.1) is 6.61 Å². The fourth-order valence-corrected chi connectivity index (χ4v) is 2.44. The van der Waals surface area contributed by atoms with Crippen molar-refractivity contribution >= 4 is 28.0 Å². The zero-order chi connectivity index (χ0) is 13.9. The second kappa shape index (κ2) is 5.91. The van der Waals surface area contributed by atoms with Crippen LogP contribution in [0.3, 0.4) is 0 Å². The van der Waals surface area contributed by atoms with Crippen molar-refractivity contribution < 1.29 is 19.1 Å². The molecule has 0 radical (unpaired) electrons. The van der Waals surface area contributed by atoms with Crippen molar-refractivity contribution in [1.29, 1.82) is 0 Å². The minimum Gasteiger partial charge on any atom is -0.464 e. The van der Waals surface area contributed by atoms with E-state index in [4.69, 9.17) is 9.47 Å². The van der Waals surface area contributed by atoms with Crippen LogP contribution in [-0.2, 0) is 14.3 Å². The van der Waals surface area contributed by atoms with Gasteiger partial charge in [-0.25, -0.2) is 9.59 Å². The average Bonchev–Trinajstić information content (AvgIpc) is 2.58. The summed E-state index contributed by atoms with van der Waals surface area (Å²) in [7, 11) is 0. The van der Waals surface area contributed by atoms with Gasteiger partial charge in [0.2, 0.25) is 0 Å². The van der Waals surface area contributed by atoms with Crippen molar-refractivity contribution in [3.63, 3.8) is 0 Å². The molecule has 0 unspecified atom stereocenters. The van der Waals surface area contributed by atoms with Crippen LogP contribution in [0.2, 0.25) is 0 Å². The van der Waals surface area contributed by atoms with E-state index in [-0.39, 0.29) is 10.8 Å². The van der Waals surface area contributed by atoms with Crippen molar-refractivity contribution in [1.82, 2.24) is 4.90 Å². The van der Waals surface area contributed by atoms with Crippen LogP contribution >= 0.6 is 15.9 Å². The Morgan fingerprint density at radius 3 is 2.50 bits per heavy atom. The lowest BCUT2D eigenvalue weighted by atomic mass is 10.2. The van der Waals surface area contributed by atoms with E-state index in [1.54, 1.807) is 27.7 Å². The summed E-state index contributed by atoms with van der Waals surface area (Å²) in [6.07, 6.45) is 0.0837. The molecule has 1 saturated heterocycles. The lowest BCUT2D eigenvalue weighted by molar-refractivity contribution is -0.148. The number of esters is 1. The van der Waals surface area contributed by atoms with E-state index < -0.39 is 17.7 Å². The first-order valence-corrected chi connectivity index (χ1v) is 6.96. The van der Waals surface area contributed by atoms with E-state index in [9.17, 15) is 9.59 Å². The number of hydrogen-bond acceptors (Lipinski definition) is 4. The maximum absolute atomic E-state index is 12.0. The Hall–Kier alpha value is -0.780. The van der Waals surface area contributed by atoms with Gasteiger partial charge >= 0.3 is 12.1 Å². The van der Waals surface area contributed by atoms with E-state index in [0.29, 0.717) is 19.6 Å². The van der Waals surface area contributed by atoms with Gasteiger partial charge in [-0.1, -0.05) is 15.9 Å². The van der Waals surface area contributed by atoms with Crippen LogP contribution in [0.25, 0.3) is 0 Å². The van der Waals surface area contributed by atoms with Gasteiger partial charge in [-0.2, -0.15) is 0 Å². The maximum Gasteiger partial charge on any atom is 0.411 e. The first kappa shape index (κ1) is 15.3. The summed E-state index contributed by atoms with van der Waals surface area (Å²) in [5.74, 6) is -0.370. The number of carbonyl (C=O) groups excluding carboxylic acids is 2. The summed E-state index contributed by atoms with van der Waals surface area (Å²) >= 11 is 3.43. The molecule has 0 N–H and O–H groups in total. The Morgan fingerprint density at radius 2 is 2.00 bits per heavy atom. The SMILES string of the molecule is CCOC(=O)[C@@H]1C[C@H](Br)CN1C(=O)OC(C)(C)C. The molecule has 104 valence electrons. The molecule has 1 fully saturated rings. The van der Waals surface area contributed by atoms with Gasteiger partial charge in [0.1, 0.15) is 11.6 Å². The number of hydrogen-bond donors (Lipinski definition) is 0. The summed E-state index contributed by atoms with van der Waals surface area (Å²) in [5.41, 5.74) is -0.569. The van der Waals surface area contributed by atoms with Crippen molar-refractivity contribution in [3.8, 4) is 0 Å². The molecule has 0 saturated carbocycles. The highest BCUT2D eigenvalue weighted by atomic mass is 79.9. The van der Waals surface area contributed by atoms with Crippen molar-refractivity contribution in [2.24, 2.45) is 0 Å². The molecule has 1 aliphatic rings. The monoisotopic (exact) mass is 321 g/mol. The summed E-state index contributed by atoms with van der Waals surface area (Å²) in [6, 6.07) is -0.552. The molecule has 1 rings (SSSR count). The van der Waals surface area contributed by atoms with Gasteiger partial charge in [-0.3, -0.25) is 4.90 Å².